The number of ether oxygens (including phenoxy) is 1. The second-order valence-electron chi connectivity index (χ2n) is 6.30. The number of hydrogen-bond donors (Lipinski definition) is 1. The molecule has 2 aromatic heterocycles. The summed E-state index contributed by atoms with van der Waals surface area (Å²) >= 11 is 3.32. The average molecular weight is 440 g/mol. The van der Waals surface area contributed by atoms with Gasteiger partial charge in [0.05, 0.1) is 24.5 Å². The van der Waals surface area contributed by atoms with E-state index in [0.717, 1.165) is 34.6 Å². The van der Waals surface area contributed by atoms with Crippen molar-refractivity contribution in [2.24, 2.45) is 0 Å². The van der Waals surface area contributed by atoms with Crippen LogP contribution in [0.15, 0.2) is 59.3 Å². The first-order chi connectivity index (χ1) is 13.7. The Morgan fingerprint density at radius 1 is 1.07 bits per heavy atom. The molecule has 3 heterocycles. The standard InChI is InChI=1S/C20H18BrN5O2/c21-16-10-15(12-22-13-16)20(27)23-17-3-1-2-14(11-17)18-4-5-19(25-24-18)26-6-8-28-9-7-26/h1-5,10-13H,6-9H2,(H,23,27). The van der Waals surface area contributed by atoms with Gasteiger partial charge >= 0.3 is 0 Å². The second kappa shape index (κ2) is 8.45. The van der Waals surface area contributed by atoms with Gasteiger partial charge in [-0.05, 0) is 46.3 Å². The van der Waals surface area contributed by atoms with Gasteiger partial charge in [0.1, 0.15) is 0 Å². The molecular weight excluding hydrogens is 422 g/mol. The molecule has 1 amide bonds. The molecule has 0 radical (unpaired) electrons. The van der Waals surface area contributed by atoms with Crippen LogP contribution in [0.5, 0.6) is 0 Å². The zero-order valence-corrected chi connectivity index (χ0v) is 16.6. The Balaban J connectivity index is 1.49. The van der Waals surface area contributed by atoms with Crippen molar-refractivity contribution in [3.63, 3.8) is 0 Å². The predicted molar refractivity (Wildman–Crippen MR) is 110 cm³/mol. The minimum Gasteiger partial charge on any atom is -0.378 e. The van der Waals surface area contributed by atoms with Crippen LogP contribution in [-0.2, 0) is 4.74 Å². The van der Waals surface area contributed by atoms with Crippen molar-refractivity contribution in [2.45, 2.75) is 0 Å². The van der Waals surface area contributed by atoms with E-state index in [1.54, 1.807) is 12.3 Å². The van der Waals surface area contributed by atoms with Crippen LogP contribution in [0.2, 0.25) is 0 Å². The summed E-state index contributed by atoms with van der Waals surface area (Å²) in [5, 5.41) is 11.6. The summed E-state index contributed by atoms with van der Waals surface area (Å²) in [7, 11) is 0. The lowest BCUT2D eigenvalue weighted by atomic mass is 10.1. The highest BCUT2D eigenvalue weighted by atomic mass is 79.9. The first-order valence-electron chi connectivity index (χ1n) is 8.88. The van der Waals surface area contributed by atoms with Gasteiger partial charge in [-0.25, -0.2) is 0 Å². The van der Waals surface area contributed by atoms with E-state index in [1.165, 1.54) is 6.20 Å². The molecule has 7 nitrogen and oxygen atoms in total. The fourth-order valence-corrected chi connectivity index (χ4v) is 3.30. The zero-order chi connectivity index (χ0) is 19.3. The van der Waals surface area contributed by atoms with E-state index in [4.69, 9.17) is 4.74 Å². The van der Waals surface area contributed by atoms with Crippen molar-refractivity contribution >= 4 is 33.3 Å². The van der Waals surface area contributed by atoms with Crippen LogP contribution in [0.3, 0.4) is 0 Å². The number of pyridine rings is 1. The number of amides is 1. The van der Waals surface area contributed by atoms with Crippen LogP contribution in [0.4, 0.5) is 11.5 Å². The molecule has 0 unspecified atom stereocenters. The van der Waals surface area contributed by atoms with Gasteiger partial charge in [0.2, 0.25) is 0 Å². The maximum absolute atomic E-state index is 12.4. The Hall–Kier alpha value is -2.84. The highest BCUT2D eigenvalue weighted by Gasteiger charge is 2.13. The van der Waals surface area contributed by atoms with Crippen molar-refractivity contribution in [3.8, 4) is 11.3 Å². The average Bonchev–Trinajstić information content (AvgIpc) is 2.75. The molecular formula is C20H18BrN5O2. The van der Waals surface area contributed by atoms with Gasteiger partial charge in [0.15, 0.2) is 5.82 Å². The summed E-state index contributed by atoms with van der Waals surface area (Å²) in [5.41, 5.74) is 2.79. The van der Waals surface area contributed by atoms with E-state index in [2.05, 4.69) is 41.3 Å². The molecule has 1 saturated heterocycles. The van der Waals surface area contributed by atoms with Gasteiger partial charge in [-0.2, -0.15) is 0 Å². The third-order valence-corrected chi connectivity index (χ3v) is 4.80. The van der Waals surface area contributed by atoms with Gasteiger partial charge in [-0.3, -0.25) is 9.78 Å². The van der Waals surface area contributed by atoms with Gasteiger partial charge in [-0.1, -0.05) is 12.1 Å². The quantitative estimate of drug-likeness (QED) is 0.670. The molecule has 0 bridgehead atoms. The first-order valence-corrected chi connectivity index (χ1v) is 9.67. The van der Waals surface area contributed by atoms with Crippen molar-refractivity contribution in [1.82, 2.24) is 15.2 Å². The third-order valence-electron chi connectivity index (χ3n) is 4.37. The Kier molecular flexibility index (Phi) is 5.59. The Bertz CT molecular complexity index is 974. The number of hydrogen-bond acceptors (Lipinski definition) is 6. The summed E-state index contributed by atoms with van der Waals surface area (Å²) in [4.78, 5) is 18.6. The van der Waals surface area contributed by atoms with Crippen LogP contribution in [0.1, 0.15) is 10.4 Å². The van der Waals surface area contributed by atoms with Crippen molar-refractivity contribution in [2.75, 3.05) is 36.5 Å². The molecule has 1 aliphatic heterocycles. The van der Waals surface area contributed by atoms with Crippen molar-refractivity contribution in [1.29, 1.82) is 0 Å². The molecule has 0 atom stereocenters. The fraction of sp³-hybridized carbons (Fsp3) is 0.200. The van der Waals surface area contributed by atoms with E-state index in [1.807, 2.05) is 36.4 Å². The third kappa shape index (κ3) is 4.35. The predicted octanol–water partition coefficient (Wildman–Crippen LogP) is 3.39. The Morgan fingerprint density at radius 3 is 2.68 bits per heavy atom. The molecule has 8 heteroatoms. The first kappa shape index (κ1) is 18.5. The summed E-state index contributed by atoms with van der Waals surface area (Å²) in [6.07, 6.45) is 3.16. The van der Waals surface area contributed by atoms with Crippen LogP contribution >= 0.6 is 15.9 Å². The molecule has 0 saturated carbocycles. The number of carbonyl (C=O) groups is 1. The molecule has 1 N–H and O–H groups in total. The molecule has 28 heavy (non-hydrogen) atoms. The maximum Gasteiger partial charge on any atom is 0.257 e. The van der Waals surface area contributed by atoms with Crippen LogP contribution in [-0.4, -0.2) is 47.4 Å². The number of halogens is 1. The van der Waals surface area contributed by atoms with Gasteiger partial charge in [0.25, 0.3) is 5.91 Å². The lowest BCUT2D eigenvalue weighted by molar-refractivity contribution is 0.102. The lowest BCUT2D eigenvalue weighted by Crippen LogP contribution is -2.36. The zero-order valence-electron chi connectivity index (χ0n) is 15.0. The highest BCUT2D eigenvalue weighted by molar-refractivity contribution is 9.10. The molecule has 3 aromatic rings. The van der Waals surface area contributed by atoms with E-state index in [0.29, 0.717) is 24.5 Å². The number of nitrogens with one attached hydrogen (secondary N) is 1. The van der Waals surface area contributed by atoms with Gasteiger partial charge in [0, 0.05) is 41.2 Å². The second-order valence-corrected chi connectivity index (χ2v) is 7.22. The summed E-state index contributed by atoms with van der Waals surface area (Å²) in [6.45, 7) is 3.05. The maximum atomic E-state index is 12.4. The number of rotatable bonds is 4. The highest BCUT2D eigenvalue weighted by Crippen LogP contribution is 2.23. The number of carbonyl (C=O) groups excluding carboxylic acids is 1. The molecule has 0 aliphatic carbocycles. The van der Waals surface area contributed by atoms with E-state index in [-0.39, 0.29) is 5.91 Å². The van der Waals surface area contributed by atoms with Crippen LogP contribution < -0.4 is 10.2 Å². The van der Waals surface area contributed by atoms with Gasteiger partial charge < -0.3 is 15.0 Å². The lowest BCUT2D eigenvalue weighted by Gasteiger charge is -2.27. The van der Waals surface area contributed by atoms with Gasteiger partial charge in [-0.15, -0.1) is 10.2 Å². The number of anilines is 2. The molecule has 1 aliphatic rings. The van der Waals surface area contributed by atoms with E-state index < -0.39 is 0 Å². The minimum absolute atomic E-state index is 0.223. The Labute approximate surface area is 170 Å². The molecule has 0 spiro atoms. The number of benzene rings is 1. The monoisotopic (exact) mass is 439 g/mol. The summed E-state index contributed by atoms with van der Waals surface area (Å²) in [5.74, 6) is 0.623. The number of morpholine rings is 1. The normalized spacial score (nSPS) is 14.0. The number of aromatic nitrogens is 3. The molecule has 142 valence electrons. The van der Waals surface area contributed by atoms with Crippen LogP contribution in [0.25, 0.3) is 11.3 Å². The topological polar surface area (TPSA) is 80.2 Å². The fourth-order valence-electron chi connectivity index (χ4n) is 2.94. The SMILES string of the molecule is O=C(Nc1cccc(-c2ccc(N3CCOCC3)nn2)c1)c1cncc(Br)c1. The molecule has 4 rings (SSSR count). The van der Waals surface area contributed by atoms with E-state index >= 15 is 0 Å². The smallest absolute Gasteiger partial charge is 0.257 e. The van der Waals surface area contributed by atoms with Crippen LogP contribution in [0, 0.1) is 0 Å². The summed E-state index contributed by atoms with van der Waals surface area (Å²) in [6, 6.07) is 13.2. The summed E-state index contributed by atoms with van der Waals surface area (Å²) < 4.78 is 6.12. The molecule has 1 aromatic carbocycles. The van der Waals surface area contributed by atoms with E-state index in [9.17, 15) is 4.79 Å². The minimum atomic E-state index is -0.223. The Morgan fingerprint density at radius 2 is 1.93 bits per heavy atom. The largest absolute Gasteiger partial charge is 0.378 e. The van der Waals surface area contributed by atoms with Crippen molar-refractivity contribution < 1.29 is 9.53 Å². The van der Waals surface area contributed by atoms with Crippen molar-refractivity contribution in [3.05, 3.63) is 64.9 Å². The molecule has 1 fully saturated rings. The number of nitrogens with zero attached hydrogens (tertiary/aromatic N) is 4.